The van der Waals surface area contributed by atoms with Crippen LogP contribution in [0.2, 0.25) is 0 Å². The summed E-state index contributed by atoms with van der Waals surface area (Å²) in [5, 5.41) is 23.6. The van der Waals surface area contributed by atoms with Gasteiger partial charge in [-0.15, -0.1) is 0 Å². The van der Waals surface area contributed by atoms with E-state index in [0.717, 1.165) is 64.2 Å². The van der Waals surface area contributed by atoms with Crippen molar-refractivity contribution in [1.82, 2.24) is 5.32 Å². The third-order valence-electron chi connectivity index (χ3n) is 10.5. The highest BCUT2D eigenvalue weighted by atomic mass is 16.5. The van der Waals surface area contributed by atoms with Crippen molar-refractivity contribution in [1.29, 1.82) is 0 Å². The van der Waals surface area contributed by atoms with Gasteiger partial charge in [-0.25, -0.2) is 0 Å². The molecule has 3 unspecified atom stereocenters. The Balaban J connectivity index is 4.47. The van der Waals surface area contributed by atoms with Crippen LogP contribution in [0.5, 0.6) is 0 Å². The zero-order valence-corrected chi connectivity index (χ0v) is 35.4. The Bertz CT molecular complexity index is 843. The molecule has 3 N–H and O–H groups in total. The van der Waals surface area contributed by atoms with Crippen molar-refractivity contribution in [3.8, 4) is 0 Å². The Morgan fingerprint density at radius 3 is 1.53 bits per heavy atom. The van der Waals surface area contributed by atoms with Crippen LogP contribution in [0.3, 0.4) is 0 Å². The molecule has 0 aromatic heterocycles. The molecule has 0 heterocycles. The molecule has 0 spiro atoms. The fraction of sp³-hybridized carbons (Fsp3) is 0.872. The predicted octanol–water partition coefficient (Wildman–Crippen LogP) is 13.2. The molecular weight excluding hydrogens is 659 g/mol. The van der Waals surface area contributed by atoms with E-state index in [2.05, 4.69) is 50.4 Å². The Kier molecular flexibility index (Phi) is 40.2. The van der Waals surface area contributed by atoms with E-state index in [4.69, 9.17) is 4.74 Å². The minimum atomic E-state index is -0.782. The number of nitrogens with one attached hydrogen (secondary N) is 1. The van der Waals surface area contributed by atoms with Crippen LogP contribution in [0.4, 0.5) is 0 Å². The average Bonchev–Trinajstić information content (AvgIpc) is 3.15. The number of ether oxygens (including phenoxy) is 1. The summed E-state index contributed by atoms with van der Waals surface area (Å²) in [7, 11) is 0. The normalized spacial score (nSPS) is 13.5. The molecule has 0 fully saturated rings. The number of hydrogen-bond donors (Lipinski definition) is 3. The number of unbranched alkanes of at least 4 members (excludes halogenated alkanes) is 25. The molecule has 6 nitrogen and oxygen atoms in total. The van der Waals surface area contributed by atoms with Gasteiger partial charge in [-0.2, -0.15) is 0 Å². The fourth-order valence-electron chi connectivity index (χ4n) is 7.06. The number of hydrogen-bond acceptors (Lipinski definition) is 5. The van der Waals surface area contributed by atoms with Crippen molar-refractivity contribution in [2.24, 2.45) is 0 Å². The molecule has 0 saturated carbocycles. The standard InChI is InChI=1S/C47H89NO5/c1-4-7-10-13-16-19-21-23-24-26-28-31-34-37-40-47(52)53-43(38-35-32-29-18-15-12-9-6-3)41-46(51)48-44(42-49)45(50)39-36-33-30-27-25-22-20-17-14-11-8-5-2/h7,10,16,19,43-45,49-50H,4-6,8-9,11-15,17-18,20-42H2,1-3H3,(H,48,51)/b10-7+,19-16+. The maximum Gasteiger partial charge on any atom is 0.306 e. The highest BCUT2D eigenvalue weighted by molar-refractivity contribution is 5.77. The summed E-state index contributed by atoms with van der Waals surface area (Å²) in [6.45, 7) is 6.35. The number of rotatable bonds is 41. The van der Waals surface area contributed by atoms with Gasteiger partial charge in [0.1, 0.15) is 6.10 Å². The van der Waals surface area contributed by atoms with Crippen molar-refractivity contribution in [2.45, 2.75) is 257 Å². The second-order valence-electron chi connectivity index (χ2n) is 15.8. The molecule has 0 aliphatic rings. The molecule has 0 aliphatic heterocycles. The Morgan fingerprint density at radius 2 is 1.02 bits per heavy atom. The minimum Gasteiger partial charge on any atom is -0.462 e. The summed E-state index contributed by atoms with van der Waals surface area (Å²) in [4.78, 5) is 25.9. The molecule has 0 bridgehead atoms. The number of carbonyl (C=O) groups excluding carboxylic acids is 2. The van der Waals surface area contributed by atoms with Gasteiger partial charge in [-0.1, -0.05) is 199 Å². The van der Waals surface area contributed by atoms with E-state index < -0.39 is 18.2 Å². The topological polar surface area (TPSA) is 95.9 Å². The summed E-state index contributed by atoms with van der Waals surface area (Å²) in [6.07, 6.45) is 45.3. The summed E-state index contributed by atoms with van der Waals surface area (Å²) < 4.78 is 5.88. The first kappa shape index (κ1) is 51.3. The molecule has 0 aromatic carbocycles. The Labute approximate surface area is 329 Å². The summed E-state index contributed by atoms with van der Waals surface area (Å²) in [5.41, 5.74) is 0. The van der Waals surface area contributed by atoms with E-state index in [1.807, 2.05) is 0 Å². The highest BCUT2D eigenvalue weighted by Gasteiger charge is 2.24. The molecule has 53 heavy (non-hydrogen) atoms. The largest absolute Gasteiger partial charge is 0.462 e. The first-order valence-electron chi connectivity index (χ1n) is 23.1. The molecule has 0 radical (unpaired) electrons. The molecule has 0 rings (SSSR count). The van der Waals surface area contributed by atoms with Crippen molar-refractivity contribution < 1.29 is 24.5 Å². The fourth-order valence-corrected chi connectivity index (χ4v) is 7.06. The number of allylic oxidation sites excluding steroid dienone is 4. The quantitative estimate of drug-likeness (QED) is 0.0329. The van der Waals surface area contributed by atoms with Crippen molar-refractivity contribution in [3.63, 3.8) is 0 Å². The maximum absolute atomic E-state index is 13.1. The van der Waals surface area contributed by atoms with Crippen LogP contribution in [0.15, 0.2) is 24.3 Å². The van der Waals surface area contributed by atoms with Crippen LogP contribution in [0, 0.1) is 0 Å². The van der Waals surface area contributed by atoms with Crippen molar-refractivity contribution >= 4 is 11.9 Å². The minimum absolute atomic E-state index is 0.0781. The first-order valence-corrected chi connectivity index (χ1v) is 23.1. The molecule has 1 amide bonds. The second kappa shape index (κ2) is 41.5. The number of esters is 1. The Morgan fingerprint density at radius 1 is 0.566 bits per heavy atom. The molecule has 312 valence electrons. The van der Waals surface area contributed by atoms with Crippen LogP contribution in [0.25, 0.3) is 0 Å². The van der Waals surface area contributed by atoms with Gasteiger partial charge in [-0.05, 0) is 51.4 Å². The van der Waals surface area contributed by atoms with Gasteiger partial charge in [-0.3, -0.25) is 9.59 Å². The highest BCUT2D eigenvalue weighted by Crippen LogP contribution is 2.18. The summed E-state index contributed by atoms with van der Waals surface area (Å²) in [6, 6.07) is -0.695. The van der Waals surface area contributed by atoms with Crippen LogP contribution < -0.4 is 5.32 Å². The van der Waals surface area contributed by atoms with Crippen molar-refractivity contribution in [2.75, 3.05) is 6.61 Å². The molecular formula is C47H89NO5. The molecule has 6 heteroatoms. The first-order chi connectivity index (χ1) is 26.0. The molecule has 0 saturated heterocycles. The van der Waals surface area contributed by atoms with Gasteiger partial charge in [0.05, 0.1) is 25.2 Å². The van der Waals surface area contributed by atoms with Crippen LogP contribution in [-0.4, -0.2) is 46.9 Å². The zero-order chi connectivity index (χ0) is 38.9. The van der Waals surface area contributed by atoms with Crippen molar-refractivity contribution in [3.05, 3.63) is 24.3 Å². The van der Waals surface area contributed by atoms with Gasteiger partial charge in [0.2, 0.25) is 5.91 Å². The molecule has 0 aliphatic carbocycles. The second-order valence-corrected chi connectivity index (χ2v) is 15.8. The van der Waals surface area contributed by atoms with Gasteiger partial charge in [0.25, 0.3) is 0 Å². The monoisotopic (exact) mass is 748 g/mol. The van der Waals surface area contributed by atoms with E-state index in [0.29, 0.717) is 19.3 Å². The average molecular weight is 748 g/mol. The zero-order valence-electron chi connectivity index (χ0n) is 35.4. The predicted molar refractivity (Wildman–Crippen MR) is 227 cm³/mol. The number of aliphatic hydroxyl groups excluding tert-OH is 2. The SMILES string of the molecule is CC/C=C/C/C=C/CCCCCCCCCC(=O)OC(CCCCCCCCCC)CC(=O)NC(CO)C(O)CCCCCCCCCCCCCC. The lowest BCUT2D eigenvalue weighted by molar-refractivity contribution is -0.151. The Hall–Kier alpha value is -1.66. The summed E-state index contributed by atoms with van der Waals surface area (Å²) >= 11 is 0. The van der Waals surface area contributed by atoms with Crippen LogP contribution in [-0.2, 0) is 14.3 Å². The third kappa shape index (κ3) is 37.1. The van der Waals surface area contributed by atoms with Gasteiger partial charge < -0.3 is 20.3 Å². The maximum atomic E-state index is 13.1. The van der Waals surface area contributed by atoms with E-state index in [1.165, 1.54) is 128 Å². The smallest absolute Gasteiger partial charge is 0.306 e. The number of amides is 1. The number of carbonyl (C=O) groups is 2. The number of aliphatic hydroxyl groups is 2. The van der Waals surface area contributed by atoms with Gasteiger partial charge in [0.15, 0.2) is 0 Å². The van der Waals surface area contributed by atoms with Gasteiger partial charge in [0, 0.05) is 6.42 Å². The lowest BCUT2D eigenvalue weighted by Crippen LogP contribution is -2.46. The van der Waals surface area contributed by atoms with Crippen LogP contribution in [0.1, 0.15) is 239 Å². The van der Waals surface area contributed by atoms with Crippen LogP contribution >= 0.6 is 0 Å². The van der Waals surface area contributed by atoms with E-state index >= 15 is 0 Å². The lowest BCUT2D eigenvalue weighted by Gasteiger charge is -2.24. The van der Waals surface area contributed by atoms with E-state index in [1.54, 1.807) is 0 Å². The molecule has 0 aromatic rings. The summed E-state index contributed by atoms with van der Waals surface area (Å²) in [5.74, 6) is -0.479. The molecule has 3 atom stereocenters. The van der Waals surface area contributed by atoms with Gasteiger partial charge >= 0.3 is 5.97 Å². The van der Waals surface area contributed by atoms with E-state index in [9.17, 15) is 19.8 Å². The third-order valence-corrected chi connectivity index (χ3v) is 10.5. The lowest BCUT2D eigenvalue weighted by atomic mass is 10.0. The van der Waals surface area contributed by atoms with E-state index in [-0.39, 0.29) is 24.9 Å².